The Bertz CT molecular complexity index is 750. The van der Waals surface area contributed by atoms with Crippen molar-refractivity contribution in [3.05, 3.63) is 24.3 Å². The van der Waals surface area contributed by atoms with E-state index in [4.69, 9.17) is 5.73 Å². The average Bonchev–Trinajstić information content (AvgIpc) is 3.08. The van der Waals surface area contributed by atoms with Crippen molar-refractivity contribution in [2.24, 2.45) is 11.7 Å². The van der Waals surface area contributed by atoms with Gasteiger partial charge < -0.3 is 11.1 Å². The number of rotatable bonds is 5. The van der Waals surface area contributed by atoms with Crippen molar-refractivity contribution >= 4 is 34.0 Å². The molecule has 2 atom stereocenters. The van der Waals surface area contributed by atoms with Gasteiger partial charge in [0, 0.05) is 30.7 Å². The SMILES string of the molecule is CN(C1CCCCC1)S(=O)(=O)c1cccc(NC(=O)C2CCC(N)C2)c1.Cl. The van der Waals surface area contributed by atoms with Crippen LogP contribution in [-0.4, -0.2) is 37.8 Å². The molecule has 6 nitrogen and oxygen atoms in total. The Labute approximate surface area is 168 Å². The topological polar surface area (TPSA) is 92.5 Å². The van der Waals surface area contributed by atoms with Crippen molar-refractivity contribution in [2.75, 3.05) is 12.4 Å². The fourth-order valence-corrected chi connectivity index (χ4v) is 5.50. The Morgan fingerprint density at radius 1 is 1.15 bits per heavy atom. The van der Waals surface area contributed by atoms with E-state index in [0.717, 1.165) is 38.5 Å². The largest absolute Gasteiger partial charge is 0.328 e. The lowest BCUT2D eigenvalue weighted by Gasteiger charge is -2.30. The summed E-state index contributed by atoms with van der Waals surface area (Å²) in [6.45, 7) is 0. The Morgan fingerprint density at radius 3 is 2.48 bits per heavy atom. The maximum atomic E-state index is 13.0. The Kier molecular flexibility index (Phi) is 7.68. The number of amides is 1. The molecule has 0 aromatic heterocycles. The highest BCUT2D eigenvalue weighted by Crippen LogP contribution is 2.28. The number of benzene rings is 1. The molecule has 1 aromatic rings. The van der Waals surface area contributed by atoms with E-state index < -0.39 is 10.0 Å². The van der Waals surface area contributed by atoms with E-state index in [1.807, 2.05) is 0 Å². The first-order valence-electron chi connectivity index (χ1n) is 9.52. The lowest BCUT2D eigenvalue weighted by atomic mass is 9.96. The van der Waals surface area contributed by atoms with Gasteiger partial charge in [-0.25, -0.2) is 8.42 Å². The summed E-state index contributed by atoms with van der Waals surface area (Å²) in [6.07, 6.45) is 7.48. The van der Waals surface area contributed by atoms with Crippen molar-refractivity contribution in [3.8, 4) is 0 Å². The van der Waals surface area contributed by atoms with Crippen LogP contribution in [0.3, 0.4) is 0 Å². The van der Waals surface area contributed by atoms with Crippen LogP contribution in [0.1, 0.15) is 51.4 Å². The van der Waals surface area contributed by atoms with Gasteiger partial charge in [0.1, 0.15) is 0 Å². The fraction of sp³-hybridized carbons (Fsp3) is 0.632. The first-order chi connectivity index (χ1) is 12.4. The number of nitrogens with one attached hydrogen (secondary N) is 1. The van der Waals surface area contributed by atoms with Gasteiger partial charge in [-0.15, -0.1) is 12.4 Å². The highest BCUT2D eigenvalue weighted by atomic mass is 35.5. The molecule has 2 unspecified atom stereocenters. The Morgan fingerprint density at radius 2 is 1.85 bits per heavy atom. The summed E-state index contributed by atoms with van der Waals surface area (Å²) in [4.78, 5) is 12.6. The van der Waals surface area contributed by atoms with Crippen molar-refractivity contribution < 1.29 is 13.2 Å². The molecule has 3 N–H and O–H groups in total. The third-order valence-corrected chi connectivity index (χ3v) is 7.62. The zero-order valence-corrected chi connectivity index (χ0v) is 17.4. The normalized spacial score (nSPS) is 23.8. The second-order valence-corrected chi connectivity index (χ2v) is 9.60. The summed E-state index contributed by atoms with van der Waals surface area (Å²) in [5, 5.41) is 2.86. The van der Waals surface area contributed by atoms with Crippen LogP contribution in [0.15, 0.2) is 29.2 Å². The van der Waals surface area contributed by atoms with E-state index in [2.05, 4.69) is 5.32 Å². The van der Waals surface area contributed by atoms with Crippen LogP contribution in [-0.2, 0) is 14.8 Å². The maximum absolute atomic E-state index is 13.0. The molecule has 0 aliphatic heterocycles. The summed E-state index contributed by atoms with van der Waals surface area (Å²) in [7, 11) is -1.90. The number of carbonyl (C=O) groups is 1. The molecule has 0 heterocycles. The van der Waals surface area contributed by atoms with Crippen molar-refractivity contribution in [1.82, 2.24) is 4.31 Å². The molecule has 2 aliphatic rings. The number of nitrogens with zero attached hydrogens (tertiary/aromatic N) is 1. The molecule has 2 aliphatic carbocycles. The average molecular weight is 416 g/mol. The van der Waals surface area contributed by atoms with Crippen LogP contribution in [0.5, 0.6) is 0 Å². The highest BCUT2D eigenvalue weighted by Gasteiger charge is 2.30. The molecule has 27 heavy (non-hydrogen) atoms. The van der Waals surface area contributed by atoms with Crippen LogP contribution in [0.25, 0.3) is 0 Å². The Balaban J connectivity index is 0.00000261. The molecule has 152 valence electrons. The van der Waals surface area contributed by atoms with Crippen molar-refractivity contribution in [1.29, 1.82) is 0 Å². The van der Waals surface area contributed by atoms with Crippen molar-refractivity contribution in [3.63, 3.8) is 0 Å². The van der Waals surface area contributed by atoms with E-state index in [9.17, 15) is 13.2 Å². The van der Waals surface area contributed by atoms with Gasteiger partial charge in [0.05, 0.1) is 4.90 Å². The number of hydrogen-bond donors (Lipinski definition) is 2. The lowest BCUT2D eigenvalue weighted by molar-refractivity contribution is -0.119. The first-order valence-corrected chi connectivity index (χ1v) is 11.0. The minimum atomic E-state index is -3.56. The van der Waals surface area contributed by atoms with Crippen LogP contribution in [0.2, 0.25) is 0 Å². The minimum Gasteiger partial charge on any atom is -0.328 e. The highest BCUT2D eigenvalue weighted by molar-refractivity contribution is 7.89. The zero-order valence-electron chi connectivity index (χ0n) is 15.8. The summed E-state index contributed by atoms with van der Waals surface area (Å²) >= 11 is 0. The van der Waals surface area contributed by atoms with Crippen LogP contribution in [0, 0.1) is 5.92 Å². The number of hydrogen-bond acceptors (Lipinski definition) is 4. The van der Waals surface area contributed by atoms with Gasteiger partial charge in [-0.1, -0.05) is 25.3 Å². The van der Waals surface area contributed by atoms with Gasteiger partial charge in [0.25, 0.3) is 0 Å². The summed E-state index contributed by atoms with van der Waals surface area (Å²) in [5.74, 6) is -0.164. The van der Waals surface area contributed by atoms with E-state index in [-0.39, 0.29) is 41.2 Å². The van der Waals surface area contributed by atoms with Crippen LogP contribution >= 0.6 is 12.4 Å². The summed E-state index contributed by atoms with van der Waals surface area (Å²) in [5.41, 5.74) is 6.40. The molecule has 0 spiro atoms. The van der Waals surface area contributed by atoms with Crippen molar-refractivity contribution in [2.45, 2.75) is 68.3 Å². The Hall–Kier alpha value is -1.15. The molecule has 2 saturated carbocycles. The minimum absolute atomic E-state index is 0. The summed E-state index contributed by atoms with van der Waals surface area (Å²) in [6, 6.07) is 6.70. The van der Waals surface area contributed by atoms with E-state index >= 15 is 0 Å². The molecule has 0 bridgehead atoms. The molecule has 3 rings (SSSR count). The monoisotopic (exact) mass is 415 g/mol. The van der Waals surface area contributed by atoms with Crippen LogP contribution < -0.4 is 11.1 Å². The lowest BCUT2D eigenvalue weighted by Crippen LogP contribution is -2.38. The van der Waals surface area contributed by atoms with E-state index in [0.29, 0.717) is 12.1 Å². The number of anilines is 1. The number of carbonyl (C=O) groups excluding carboxylic acids is 1. The van der Waals surface area contributed by atoms with Gasteiger partial charge in [-0.05, 0) is 50.3 Å². The van der Waals surface area contributed by atoms with Crippen LogP contribution in [0.4, 0.5) is 5.69 Å². The number of halogens is 1. The quantitative estimate of drug-likeness (QED) is 0.772. The third kappa shape index (κ3) is 5.22. The van der Waals surface area contributed by atoms with E-state index in [1.54, 1.807) is 31.3 Å². The van der Waals surface area contributed by atoms with Gasteiger partial charge in [0.2, 0.25) is 15.9 Å². The predicted molar refractivity (Wildman–Crippen MR) is 109 cm³/mol. The maximum Gasteiger partial charge on any atom is 0.243 e. The summed E-state index contributed by atoms with van der Waals surface area (Å²) < 4.78 is 27.4. The van der Waals surface area contributed by atoms with Gasteiger partial charge in [-0.2, -0.15) is 4.31 Å². The second-order valence-electron chi connectivity index (χ2n) is 7.60. The second kappa shape index (κ2) is 9.37. The van der Waals surface area contributed by atoms with Gasteiger partial charge >= 0.3 is 0 Å². The first kappa shape index (κ1) is 22.1. The number of nitrogens with two attached hydrogens (primary N) is 1. The van der Waals surface area contributed by atoms with E-state index in [1.165, 1.54) is 10.7 Å². The number of sulfonamides is 1. The zero-order chi connectivity index (χ0) is 18.7. The standard InChI is InChI=1S/C19H29N3O3S.ClH/c1-22(17-7-3-2-4-8-17)26(24,25)18-9-5-6-16(13-18)21-19(23)14-10-11-15(20)12-14;/h5-6,9,13-15,17H,2-4,7-8,10-12,20H2,1H3,(H,21,23);1H. The predicted octanol–water partition coefficient (Wildman–Crippen LogP) is 3.13. The molecule has 1 amide bonds. The molecule has 0 saturated heterocycles. The molecular weight excluding hydrogens is 386 g/mol. The molecule has 1 aromatic carbocycles. The van der Waals surface area contributed by atoms with Gasteiger partial charge in [0.15, 0.2) is 0 Å². The van der Waals surface area contributed by atoms with Gasteiger partial charge in [-0.3, -0.25) is 4.79 Å². The molecule has 8 heteroatoms. The molecule has 0 radical (unpaired) electrons. The smallest absolute Gasteiger partial charge is 0.243 e. The fourth-order valence-electron chi connectivity index (χ4n) is 4.04. The molecular formula is C19H30ClN3O3S. The molecule has 2 fully saturated rings. The third-order valence-electron chi connectivity index (χ3n) is 5.71.